The highest BCUT2D eigenvalue weighted by atomic mass is 19.4. The fourth-order valence-electron chi connectivity index (χ4n) is 3.63. The summed E-state index contributed by atoms with van der Waals surface area (Å²) in [6.45, 7) is 2.32. The Balaban J connectivity index is 1.36. The van der Waals surface area contributed by atoms with Crippen LogP contribution < -0.4 is 4.90 Å². The van der Waals surface area contributed by atoms with Crippen LogP contribution in [0.4, 0.5) is 18.9 Å². The molecule has 1 fully saturated rings. The number of fused-ring (bicyclic) bond motifs is 1. The first-order valence-corrected chi connectivity index (χ1v) is 9.17. The summed E-state index contributed by atoms with van der Waals surface area (Å²) in [7, 11) is 0. The van der Waals surface area contributed by atoms with Gasteiger partial charge >= 0.3 is 6.18 Å². The minimum atomic E-state index is -4.33. The lowest BCUT2D eigenvalue weighted by Crippen LogP contribution is -2.49. The molecule has 7 heteroatoms. The van der Waals surface area contributed by atoms with Gasteiger partial charge in [0.2, 0.25) is 5.91 Å². The summed E-state index contributed by atoms with van der Waals surface area (Å²) < 4.78 is 38.1. The standard InChI is InChI=1S/C21H20F3N3O/c22-21(23,24)16-5-7-17(8-6-16)26-9-11-27(12-10-26)20(28)13-15-14-25-19-4-2-1-3-18(15)19/h1-8,14,25H,9-13H2. The van der Waals surface area contributed by atoms with Gasteiger partial charge in [0.25, 0.3) is 0 Å². The second-order valence-corrected chi connectivity index (χ2v) is 6.95. The Morgan fingerprint density at radius 1 is 0.964 bits per heavy atom. The number of hydrogen-bond acceptors (Lipinski definition) is 2. The molecule has 0 saturated carbocycles. The van der Waals surface area contributed by atoms with Crippen LogP contribution in [-0.2, 0) is 17.4 Å². The number of nitrogens with one attached hydrogen (secondary N) is 1. The van der Waals surface area contributed by atoms with Crippen LogP contribution in [0.2, 0.25) is 0 Å². The smallest absolute Gasteiger partial charge is 0.368 e. The first kappa shape index (κ1) is 18.4. The Morgan fingerprint density at radius 2 is 1.64 bits per heavy atom. The topological polar surface area (TPSA) is 39.3 Å². The summed E-state index contributed by atoms with van der Waals surface area (Å²) in [5, 5.41) is 1.05. The Morgan fingerprint density at radius 3 is 2.32 bits per heavy atom. The molecule has 1 saturated heterocycles. The van der Waals surface area contributed by atoms with Crippen molar-refractivity contribution in [2.45, 2.75) is 12.6 Å². The van der Waals surface area contributed by atoms with E-state index in [-0.39, 0.29) is 5.91 Å². The zero-order valence-corrected chi connectivity index (χ0v) is 15.2. The molecule has 1 aromatic heterocycles. The van der Waals surface area contributed by atoms with Crippen LogP contribution in [0.3, 0.4) is 0 Å². The van der Waals surface area contributed by atoms with Gasteiger partial charge in [0, 0.05) is 49.0 Å². The van der Waals surface area contributed by atoms with Crippen LogP contribution in [0, 0.1) is 0 Å². The van der Waals surface area contributed by atoms with Crippen molar-refractivity contribution in [2.75, 3.05) is 31.1 Å². The van der Waals surface area contributed by atoms with Crippen molar-refractivity contribution in [3.63, 3.8) is 0 Å². The molecular formula is C21H20F3N3O. The van der Waals surface area contributed by atoms with Gasteiger partial charge in [-0.25, -0.2) is 0 Å². The van der Waals surface area contributed by atoms with Crippen molar-refractivity contribution < 1.29 is 18.0 Å². The highest BCUT2D eigenvalue weighted by Gasteiger charge is 2.30. The van der Waals surface area contributed by atoms with Gasteiger partial charge in [0.05, 0.1) is 12.0 Å². The molecular weight excluding hydrogens is 367 g/mol. The first-order valence-electron chi connectivity index (χ1n) is 9.17. The number of halogens is 3. The number of aromatic nitrogens is 1. The van der Waals surface area contributed by atoms with Gasteiger partial charge in [0.15, 0.2) is 0 Å². The molecule has 3 aromatic rings. The molecule has 4 rings (SSSR count). The number of para-hydroxylation sites is 1. The molecule has 0 aliphatic carbocycles. The van der Waals surface area contributed by atoms with Crippen molar-refractivity contribution in [1.82, 2.24) is 9.88 Å². The summed E-state index contributed by atoms with van der Waals surface area (Å²) in [4.78, 5) is 19.7. The van der Waals surface area contributed by atoms with E-state index in [0.29, 0.717) is 32.6 Å². The average Bonchev–Trinajstić information content (AvgIpc) is 3.10. The van der Waals surface area contributed by atoms with Crippen LogP contribution in [0.15, 0.2) is 54.7 Å². The fourth-order valence-corrected chi connectivity index (χ4v) is 3.63. The summed E-state index contributed by atoms with van der Waals surface area (Å²) in [5.74, 6) is 0.0665. The lowest BCUT2D eigenvalue weighted by molar-refractivity contribution is -0.137. The molecule has 0 atom stereocenters. The largest absolute Gasteiger partial charge is 0.416 e. The number of rotatable bonds is 3. The number of carbonyl (C=O) groups excluding carboxylic acids is 1. The minimum absolute atomic E-state index is 0.0665. The number of H-pyrrole nitrogens is 1. The average molecular weight is 387 g/mol. The van der Waals surface area contributed by atoms with E-state index in [1.54, 1.807) is 0 Å². The normalized spacial score (nSPS) is 15.2. The van der Waals surface area contributed by atoms with Crippen molar-refractivity contribution >= 4 is 22.5 Å². The van der Waals surface area contributed by atoms with Crippen LogP contribution in [0.5, 0.6) is 0 Å². The van der Waals surface area contributed by atoms with E-state index in [1.807, 2.05) is 40.3 Å². The van der Waals surface area contributed by atoms with Crippen LogP contribution in [0.1, 0.15) is 11.1 Å². The Kier molecular flexibility index (Phi) is 4.75. The van der Waals surface area contributed by atoms with Crippen molar-refractivity contribution in [3.05, 3.63) is 65.9 Å². The summed E-state index contributed by atoms with van der Waals surface area (Å²) in [5.41, 5.74) is 2.09. The maximum absolute atomic E-state index is 12.7. The molecule has 28 heavy (non-hydrogen) atoms. The number of carbonyl (C=O) groups is 1. The van der Waals surface area contributed by atoms with Gasteiger partial charge in [0.1, 0.15) is 0 Å². The van der Waals surface area contributed by atoms with Gasteiger partial charge in [-0.15, -0.1) is 0 Å². The molecule has 0 unspecified atom stereocenters. The Bertz CT molecular complexity index is 970. The van der Waals surface area contributed by atoms with Gasteiger partial charge in [-0.3, -0.25) is 4.79 Å². The predicted molar refractivity (Wildman–Crippen MR) is 102 cm³/mol. The molecule has 1 N–H and O–H groups in total. The molecule has 1 aliphatic heterocycles. The molecule has 0 spiro atoms. The highest BCUT2D eigenvalue weighted by Crippen LogP contribution is 2.30. The molecule has 2 aromatic carbocycles. The second-order valence-electron chi connectivity index (χ2n) is 6.95. The third-order valence-electron chi connectivity index (χ3n) is 5.21. The monoisotopic (exact) mass is 387 g/mol. The lowest BCUT2D eigenvalue weighted by atomic mass is 10.1. The molecule has 0 bridgehead atoms. The SMILES string of the molecule is O=C(Cc1c[nH]c2ccccc12)N1CCN(c2ccc(C(F)(F)F)cc2)CC1. The van der Waals surface area contributed by atoms with E-state index in [1.165, 1.54) is 12.1 Å². The predicted octanol–water partition coefficient (Wildman–Crippen LogP) is 4.08. The maximum atomic E-state index is 12.7. The summed E-state index contributed by atoms with van der Waals surface area (Å²) >= 11 is 0. The number of aromatic amines is 1. The second kappa shape index (κ2) is 7.22. The zero-order chi connectivity index (χ0) is 19.7. The van der Waals surface area contributed by atoms with Gasteiger partial charge in [-0.1, -0.05) is 18.2 Å². The lowest BCUT2D eigenvalue weighted by Gasteiger charge is -2.36. The minimum Gasteiger partial charge on any atom is -0.368 e. The molecule has 2 heterocycles. The molecule has 0 radical (unpaired) electrons. The fraction of sp³-hybridized carbons (Fsp3) is 0.286. The van der Waals surface area contributed by atoms with Crippen molar-refractivity contribution in [3.8, 4) is 0 Å². The summed E-state index contributed by atoms with van der Waals surface area (Å²) in [6.07, 6.45) is -2.11. The Labute approximate surface area is 160 Å². The number of amides is 1. The number of nitrogens with zero attached hydrogens (tertiary/aromatic N) is 2. The van der Waals surface area contributed by atoms with E-state index in [4.69, 9.17) is 0 Å². The molecule has 4 nitrogen and oxygen atoms in total. The first-order chi connectivity index (χ1) is 13.4. The van der Waals surface area contributed by atoms with E-state index in [2.05, 4.69) is 4.98 Å². The number of piperazine rings is 1. The van der Waals surface area contributed by atoms with E-state index >= 15 is 0 Å². The van der Waals surface area contributed by atoms with Crippen LogP contribution in [0.25, 0.3) is 10.9 Å². The molecule has 146 valence electrons. The Hall–Kier alpha value is -2.96. The van der Waals surface area contributed by atoms with E-state index in [9.17, 15) is 18.0 Å². The summed E-state index contributed by atoms with van der Waals surface area (Å²) in [6, 6.07) is 13.1. The molecule has 1 aliphatic rings. The quantitative estimate of drug-likeness (QED) is 0.736. The van der Waals surface area contributed by atoms with E-state index < -0.39 is 11.7 Å². The number of hydrogen-bond donors (Lipinski definition) is 1. The zero-order valence-electron chi connectivity index (χ0n) is 15.2. The van der Waals surface area contributed by atoms with Crippen LogP contribution in [-0.4, -0.2) is 42.0 Å². The van der Waals surface area contributed by atoms with Crippen molar-refractivity contribution in [1.29, 1.82) is 0 Å². The van der Waals surface area contributed by atoms with E-state index in [0.717, 1.165) is 34.3 Å². The number of alkyl halides is 3. The third kappa shape index (κ3) is 3.69. The van der Waals surface area contributed by atoms with Gasteiger partial charge in [-0.05, 0) is 35.9 Å². The third-order valence-corrected chi connectivity index (χ3v) is 5.21. The van der Waals surface area contributed by atoms with Crippen LogP contribution >= 0.6 is 0 Å². The van der Waals surface area contributed by atoms with Crippen molar-refractivity contribution in [2.24, 2.45) is 0 Å². The van der Waals surface area contributed by atoms with Gasteiger partial charge < -0.3 is 14.8 Å². The number of anilines is 1. The number of benzene rings is 2. The highest BCUT2D eigenvalue weighted by molar-refractivity contribution is 5.89. The maximum Gasteiger partial charge on any atom is 0.416 e. The molecule has 1 amide bonds. The van der Waals surface area contributed by atoms with Gasteiger partial charge in [-0.2, -0.15) is 13.2 Å².